The summed E-state index contributed by atoms with van der Waals surface area (Å²) in [4.78, 5) is 2.12. The highest BCUT2D eigenvalue weighted by Gasteiger charge is 2.29. The van der Waals surface area contributed by atoms with Crippen LogP contribution in [0.2, 0.25) is 10.0 Å². The van der Waals surface area contributed by atoms with E-state index in [1.54, 1.807) is 0 Å². The highest BCUT2D eigenvalue weighted by atomic mass is 35.5. The van der Waals surface area contributed by atoms with Crippen molar-refractivity contribution in [3.05, 3.63) is 28.2 Å². The zero-order valence-corrected chi connectivity index (χ0v) is 15.5. The van der Waals surface area contributed by atoms with E-state index in [1.165, 1.54) is 18.2 Å². The first-order chi connectivity index (χ1) is 10.7. The maximum Gasteiger partial charge on any atom is 0.242 e. The first kappa shape index (κ1) is 19.0. The Balaban J connectivity index is 1.97. The molecule has 2 rings (SSSR count). The van der Waals surface area contributed by atoms with Crippen molar-refractivity contribution in [3.63, 3.8) is 0 Å². The number of sulfonamides is 1. The van der Waals surface area contributed by atoms with Crippen LogP contribution < -0.4 is 4.72 Å². The molecule has 0 amide bonds. The van der Waals surface area contributed by atoms with Gasteiger partial charge in [-0.3, -0.25) is 4.90 Å². The van der Waals surface area contributed by atoms with Gasteiger partial charge < -0.3 is 5.11 Å². The summed E-state index contributed by atoms with van der Waals surface area (Å²) >= 11 is 11.7. The Morgan fingerprint density at radius 1 is 1.30 bits per heavy atom. The average molecular weight is 381 g/mol. The molecule has 0 saturated carbocycles. The monoisotopic (exact) mass is 380 g/mol. The zero-order valence-electron chi connectivity index (χ0n) is 13.2. The van der Waals surface area contributed by atoms with Crippen LogP contribution in [0.1, 0.15) is 26.7 Å². The molecule has 2 N–H and O–H groups in total. The molecular weight excluding hydrogens is 359 g/mol. The van der Waals surface area contributed by atoms with Crippen LogP contribution >= 0.6 is 23.2 Å². The second-order valence-corrected chi connectivity index (χ2v) is 8.63. The van der Waals surface area contributed by atoms with Crippen LogP contribution in [0.3, 0.4) is 0 Å². The third kappa shape index (κ3) is 4.81. The van der Waals surface area contributed by atoms with Gasteiger partial charge in [0.15, 0.2) is 0 Å². The lowest BCUT2D eigenvalue weighted by atomic mass is 10.2. The first-order valence-corrected chi connectivity index (χ1v) is 9.83. The number of aliphatic hydroxyl groups excluding tert-OH is 1. The Bertz CT molecular complexity index is 644. The molecule has 1 aliphatic heterocycles. The second kappa shape index (κ2) is 7.68. The summed E-state index contributed by atoms with van der Waals surface area (Å²) in [5.41, 5.74) is 0. The topological polar surface area (TPSA) is 69.6 Å². The van der Waals surface area contributed by atoms with Crippen molar-refractivity contribution >= 4 is 33.2 Å². The summed E-state index contributed by atoms with van der Waals surface area (Å²) in [6.45, 7) is 4.60. The van der Waals surface area contributed by atoms with Crippen molar-refractivity contribution in [3.8, 4) is 0 Å². The highest BCUT2D eigenvalue weighted by Crippen LogP contribution is 2.25. The normalized spacial score (nSPS) is 24.0. The molecule has 3 atom stereocenters. The molecule has 1 saturated heterocycles. The van der Waals surface area contributed by atoms with Crippen LogP contribution in [0.25, 0.3) is 0 Å². The molecular formula is C15H22Cl2N2O3S. The fourth-order valence-corrected chi connectivity index (χ4v) is 4.72. The second-order valence-electron chi connectivity index (χ2n) is 6.05. The zero-order chi connectivity index (χ0) is 17.2. The summed E-state index contributed by atoms with van der Waals surface area (Å²) in [5, 5.41) is 10.5. The number of halogens is 2. The van der Waals surface area contributed by atoms with E-state index < -0.39 is 16.1 Å². The minimum Gasteiger partial charge on any atom is -0.390 e. The number of hydrogen-bond acceptors (Lipinski definition) is 4. The standard InChI is InChI=1S/C15H22Cl2N2O3S/c1-10-3-4-11(2)19(10)9-13(20)8-18-23(21,22)15-7-12(16)5-6-14(15)17/h5-7,10-11,13,18,20H,3-4,8-9H2,1-2H3/t10?,11?,13-/m0/s1. The molecule has 8 heteroatoms. The lowest BCUT2D eigenvalue weighted by Gasteiger charge is -2.28. The van der Waals surface area contributed by atoms with Crippen molar-refractivity contribution in [1.29, 1.82) is 0 Å². The van der Waals surface area contributed by atoms with Crippen molar-refractivity contribution in [1.82, 2.24) is 9.62 Å². The van der Waals surface area contributed by atoms with Gasteiger partial charge in [-0.1, -0.05) is 23.2 Å². The molecule has 0 spiro atoms. The number of likely N-dealkylation sites (tertiary alicyclic amines) is 1. The van der Waals surface area contributed by atoms with Crippen molar-refractivity contribution in [2.75, 3.05) is 13.1 Å². The van der Waals surface area contributed by atoms with Gasteiger partial charge in [0.05, 0.1) is 11.1 Å². The van der Waals surface area contributed by atoms with Crippen LogP contribution in [0.4, 0.5) is 0 Å². The first-order valence-electron chi connectivity index (χ1n) is 7.59. The fourth-order valence-electron chi connectivity index (χ4n) is 2.88. The average Bonchev–Trinajstić information content (AvgIpc) is 2.79. The molecule has 1 aromatic rings. The molecule has 2 unspecified atom stereocenters. The Labute approximate surface area is 147 Å². The lowest BCUT2D eigenvalue weighted by Crippen LogP contribution is -2.43. The highest BCUT2D eigenvalue weighted by molar-refractivity contribution is 7.89. The van der Waals surface area contributed by atoms with Gasteiger partial charge in [0.2, 0.25) is 10.0 Å². The number of nitrogens with zero attached hydrogens (tertiary/aromatic N) is 1. The Kier molecular flexibility index (Phi) is 6.33. The van der Waals surface area contributed by atoms with E-state index in [9.17, 15) is 13.5 Å². The molecule has 1 aliphatic rings. The van der Waals surface area contributed by atoms with Crippen LogP contribution in [-0.4, -0.2) is 49.7 Å². The van der Waals surface area contributed by atoms with Gasteiger partial charge in [-0.05, 0) is 44.9 Å². The predicted molar refractivity (Wildman–Crippen MR) is 92.5 cm³/mol. The van der Waals surface area contributed by atoms with Gasteiger partial charge in [0.1, 0.15) is 4.90 Å². The molecule has 130 valence electrons. The van der Waals surface area contributed by atoms with Crippen LogP contribution in [0.15, 0.2) is 23.1 Å². The Hall–Kier alpha value is -0.370. The number of β-amino-alcohol motifs (C(OH)–C–C–N with tert-alkyl or cyclic N) is 1. The number of aliphatic hydroxyl groups is 1. The van der Waals surface area contributed by atoms with E-state index in [-0.39, 0.29) is 21.5 Å². The summed E-state index contributed by atoms with van der Waals surface area (Å²) in [7, 11) is -3.81. The van der Waals surface area contributed by atoms with E-state index in [4.69, 9.17) is 23.2 Å². The number of benzene rings is 1. The van der Waals surface area contributed by atoms with Crippen LogP contribution in [0.5, 0.6) is 0 Å². The molecule has 0 aromatic heterocycles. The molecule has 1 fully saturated rings. The Morgan fingerprint density at radius 3 is 2.52 bits per heavy atom. The maximum absolute atomic E-state index is 12.3. The molecule has 1 aromatic carbocycles. The minimum atomic E-state index is -3.81. The van der Waals surface area contributed by atoms with E-state index in [0.29, 0.717) is 18.6 Å². The van der Waals surface area contributed by atoms with E-state index in [2.05, 4.69) is 23.5 Å². The summed E-state index contributed by atoms with van der Waals surface area (Å²) in [6, 6.07) is 5.05. The van der Waals surface area contributed by atoms with Gasteiger partial charge >= 0.3 is 0 Å². The number of nitrogens with one attached hydrogen (secondary N) is 1. The van der Waals surface area contributed by atoms with Gasteiger partial charge in [0.25, 0.3) is 0 Å². The Morgan fingerprint density at radius 2 is 1.91 bits per heavy atom. The number of rotatable bonds is 6. The predicted octanol–water partition coefficient (Wildman–Crippen LogP) is 2.51. The maximum atomic E-state index is 12.3. The third-order valence-electron chi connectivity index (χ3n) is 4.25. The molecule has 0 bridgehead atoms. The van der Waals surface area contributed by atoms with Crippen LogP contribution in [-0.2, 0) is 10.0 Å². The third-order valence-corrected chi connectivity index (χ3v) is 6.39. The van der Waals surface area contributed by atoms with Crippen molar-refractivity contribution in [2.24, 2.45) is 0 Å². The van der Waals surface area contributed by atoms with Gasteiger partial charge in [-0.15, -0.1) is 0 Å². The summed E-state index contributed by atoms with van der Waals surface area (Å²) in [5.74, 6) is 0. The van der Waals surface area contributed by atoms with E-state index in [0.717, 1.165) is 12.8 Å². The van der Waals surface area contributed by atoms with Gasteiger partial charge in [-0.25, -0.2) is 13.1 Å². The fraction of sp³-hybridized carbons (Fsp3) is 0.600. The molecule has 23 heavy (non-hydrogen) atoms. The summed E-state index contributed by atoms with van der Waals surface area (Å²) < 4.78 is 27.0. The summed E-state index contributed by atoms with van der Waals surface area (Å²) in [6.07, 6.45) is 1.40. The minimum absolute atomic E-state index is 0.0683. The largest absolute Gasteiger partial charge is 0.390 e. The lowest BCUT2D eigenvalue weighted by molar-refractivity contribution is 0.0941. The van der Waals surface area contributed by atoms with Crippen molar-refractivity contribution < 1.29 is 13.5 Å². The molecule has 0 radical (unpaired) electrons. The molecule has 5 nitrogen and oxygen atoms in total. The molecule has 0 aliphatic carbocycles. The van der Waals surface area contributed by atoms with Crippen LogP contribution in [0, 0.1) is 0 Å². The van der Waals surface area contributed by atoms with Gasteiger partial charge in [-0.2, -0.15) is 0 Å². The number of hydrogen-bond donors (Lipinski definition) is 2. The van der Waals surface area contributed by atoms with Gasteiger partial charge in [0, 0.05) is 30.2 Å². The SMILES string of the molecule is CC1CCC(C)N1C[C@@H](O)CNS(=O)(=O)c1cc(Cl)ccc1Cl. The van der Waals surface area contributed by atoms with Crippen molar-refractivity contribution in [2.45, 2.75) is 49.8 Å². The van der Waals surface area contributed by atoms with E-state index >= 15 is 0 Å². The quantitative estimate of drug-likeness (QED) is 0.795. The smallest absolute Gasteiger partial charge is 0.242 e. The molecule has 1 heterocycles. The van der Waals surface area contributed by atoms with E-state index in [1.807, 2.05) is 0 Å².